The molecule has 0 N–H and O–H groups in total. The highest BCUT2D eigenvalue weighted by Gasteiger charge is 2.22. The molecule has 0 saturated carbocycles. The molecular formula is C14H25NO2. The summed E-state index contributed by atoms with van der Waals surface area (Å²) in [6.07, 6.45) is 9.62. The van der Waals surface area contributed by atoms with E-state index in [4.69, 9.17) is 0 Å². The zero-order valence-corrected chi connectivity index (χ0v) is 11.0. The summed E-state index contributed by atoms with van der Waals surface area (Å²) < 4.78 is 0. The second-order valence-corrected chi connectivity index (χ2v) is 4.98. The fraction of sp³-hybridized carbons (Fsp3) is 0.857. The fourth-order valence-corrected chi connectivity index (χ4v) is 2.25. The zero-order chi connectivity index (χ0) is 12.5. The molecule has 1 heterocycles. The molecule has 0 aromatic heterocycles. The molecule has 0 atom stereocenters. The van der Waals surface area contributed by atoms with Crippen LogP contribution in [0.25, 0.3) is 0 Å². The van der Waals surface area contributed by atoms with Gasteiger partial charge in [0, 0.05) is 19.4 Å². The number of nitrogens with zero attached hydrogens (tertiary/aromatic N) is 1. The van der Waals surface area contributed by atoms with Gasteiger partial charge < -0.3 is 4.90 Å². The van der Waals surface area contributed by atoms with E-state index in [1.165, 1.54) is 38.5 Å². The third kappa shape index (κ3) is 5.85. The second kappa shape index (κ2) is 8.26. The molecule has 1 aliphatic heterocycles. The number of unbranched alkanes of at least 4 members (excludes halogenated alkanes) is 6. The normalized spacial score (nSPS) is 16.6. The molecule has 98 valence electrons. The number of rotatable bonds is 8. The van der Waals surface area contributed by atoms with Gasteiger partial charge >= 0.3 is 0 Å². The first kappa shape index (κ1) is 14.2. The third-order valence-corrected chi connectivity index (χ3v) is 3.37. The Hall–Kier alpha value is -0.860. The van der Waals surface area contributed by atoms with Crippen LogP contribution in [0.1, 0.15) is 64.7 Å². The summed E-state index contributed by atoms with van der Waals surface area (Å²) >= 11 is 0. The van der Waals surface area contributed by atoms with E-state index in [1.807, 2.05) is 0 Å². The molecule has 0 radical (unpaired) electrons. The number of likely N-dealkylation sites (tertiary alicyclic amines) is 1. The van der Waals surface area contributed by atoms with Gasteiger partial charge in [0.15, 0.2) is 5.78 Å². The van der Waals surface area contributed by atoms with Crippen molar-refractivity contribution in [1.82, 2.24) is 4.90 Å². The number of hydrogen-bond donors (Lipinski definition) is 0. The maximum Gasteiger partial charge on any atom is 0.223 e. The highest BCUT2D eigenvalue weighted by atomic mass is 16.2. The number of piperidine rings is 1. The molecule has 0 unspecified atom stereocenters. The van der Waals surface area contributed by atoms with Gasteiger partial charge in [0.2, 0.25) is 5.91 Å². The topological polar surface area (TPSA) is 37.4 Å². The van der Waals surface area contributed by atoms with E-state index in [1.54, 1.807) is 4.90 Å². The Kier molecular flexibility index (Phi) is 6.90. The first-order valence-corrected chi connectivity index (χ1v) is 7.03. The molecule has 3 heteroatoms. The fourth-order valence-electron chi connectivity index (χ4n) is 2.25. The van der Waals surface area contributed by atoms with Crippen molar-refractivity contribution in [1.29, 1.82) is 0 Å². The Morgan fingerprint density at radius 3 is 2.29 bits per heavy atom. The van der Waals surface area contributed by atoms with Crippen LogP contribution in [-0.2, 0) is 9.59 Å². The minimum absolute atomic E-state index is 0.163. The summed E-state index contributed by atoms with van der Waals surface area (Å²) in [5, 5.41) is 0. The summed E-state index contributed by atoms with van der Waals surface area (Å²) in [6, 6.07) is 0. The van der Waals surface area contributed by atoms with Crippen LogP contribution in [-0.4, -0.2) is 29.7 Å². The number of hydrogen-bond acceptors (Lipinski definition) is 2. The standard InChI is InChI=1S/C14H25NO2/c1-2-3-4-5-6-7-8-11-15-12-13(16)9-10-14(15)17/h2-12H2,1H3. The van der Waals surface area contributed by atoms with Crippen LogP contribution in [0.2, 0.25) is 0 Å². The largest absolute Gasteiger partial charge is 0.335 e. The summed E-state index contributed by atoms with van der Waals surface area (Å²) in [6.45, 7) is 3.35. The molecule has 0 aliphatic carbocycles. The first-order valence-electron chi connectivity index (χ1n) is 7.03. The molecule has 17 heavy (non-hydrogen) atoms. The first-order chi connectivity index (χ1) is 8.24. The Morgan fingerprint density at radius 2 is 1.59 bits per heavy atom. The summed E-state index contributed by atoms with van der Waals surface area (Å²) in [4.78, 5) is 24.5. The maximum atomic E-state index is 11.5. The molecule has 1 rings (SSSR count). The molecular weight excluding hydrogens is 214 g/mol. The molecule has 1 fully saturated rings. The third-order valence-electron chi connectivity index (χ3n) is 3.37. The van der Waals surface area contributed by atoms with E-state index in [2.05, 4.69) is 6.92 Å². The van der Waals surface area contributed by atoms with E-state index in [0.29, 0.717) is 19.4 Å². The number of ketones is 1. The monoisotopic (exact) mass is 239 g/mol. The molecule has 1 amide bonds. The van der Waals surface area contributed by atoms with Crippen LogP contribution < -0.4 is 0 Å². The molecule has 0 bridgehead atoms. The number of carbonyl (C=O) groups excluding carboxylic acids is 2. The molecule has 1 saturated heterocycles. The number of Topliss-reactive ketones (excluding diaryl/α,β-unsaturated/α-hetero) is 1. The van der Waals surface area contributed by atoms with Crippen LogP contribution >= 0.6 is 0 Å². The number of carbonyl (C=O) groups is 2. The maximum absolute atomic E-state index is 11.5. The van der Waals surface area contributed by atoms with Crippen LogP contribution in [0.5, 0.6) is 0 Å². The molecule has 3 nitrogen and oxygen atoms in total. The zero-order valence-electron chi connectivity index (χ0n) is 11.0. The van der Waals surface area contributed by atoms with Crippen LogP contribution in [0, 0.1) is 0 Å². The van der Waals surface area contributed by atoms with Crippen LogP contribution in [0.15, 0.2) is 0 Å². The molecule has 0 aromatic carbocycles. The van der Waals surface area contributed by atoms with E-state index < -0.39 is 0 Å². The average molecular weight is 239 g/mol. The van der Waals surface area contributed by atoms with Crippen molar-refractivity contribution in [2.45, 2.75) is 64.7 Å². The Bertz CT molecular complexity index is 251. The van der Waals surface area contributed by atoms with Crippen molar-refractivity contribution in [3.8, 4) is 0 Å². The van der Waals surface area contributed by atoms with Gasteiger partial charge in [0.25, 0.3) is 0 Å². The van der Waals surface area contributed by atoms with Gasteiger partial charge in [0.1, 0.15) is 0 Å². The molecule has 1 aliphatic rings. The van der Waals surface area contributed by atoms with E-state index in [-0.39, 0.29) is 11.7 Å². The predicted octanol–water partition coefficient (Wildman–Crippen LogP) is 2.93. The van der Waals surface area contributed by atoms with Gasteiger partial charge in [-0.25, -0.2) is 0 Å². The Balaban J connectivity index is 2.01. The Labute approximate surface area is 105 Å². The highest BCUT2D eigenvalue weighted by molar-refractivity contribution is 5.92. The van der Waals surface area contributed by atoms with Gasteiger partial charge in [-0.3, -0.25) is 9.59 Å². The van der Waals surface area contributed by atoms with Crippen molar-refractivity contribution in [3.05, 3.63) is 0 Å². The van der Waals surface area contributed by atoms with Crippen molar-refractivity contribution in [2.75, 3.05) is 13.1 Å². The SMILES string of the molecule is CCCCCCCCCN1CC(=O)CCC1=O. The Morgan fingerprint density at radius 1 is 0.941 bits per heavy atom. The second-order valence-electron chi connectivity index (χ2n) is 4.98. The summed E-state index contributed by atoms with van der Waals surface area (Å²) in [7, 11) is 0. The lowest BCUT2D eigenvalue weighted by molar-refractivity contribution is -0.140. The van der Waals surface area contributed by atoms with Crippen molar-refractivity contribution in [2.24, 2.45) is 0 Å². The van der Waals surface area contributed by atoms with E-state index in [9.17, 15) is 9.59 Å². The van der Waals surface area contributed by atoms with Gasteiger partial charge in [0.05, 0.1) is 6.54 Å². The van der Waals surface area contributed by atoms with Crippen LogP contribution in [0.3, 0.4) is 0 Å². The van der Waals surface area contributed by atoms with Crippen LogP contribution in [0.4, 0.5) is 0 Å². The smallest absolute Gasteiger partial charge is 0.223 e. The summed E-state index contributed by atoms with van der Waals surface area (Å²) in [5.74, 6) is 0.378. The van der Waals surface area contributed by atoms with Crippen molar-refractivity contribution >= 4 is 11.7 Å². The predicted molar refractivity (Wildman–Crippen MR) is 68.8 cm³/mol. The lowest BCUT2D eigenvalue weighted by Crippen LogP contribution is -2.40. The van der Waals surface area contributed by atoms with Crippen molar-refractivity contribution < 1.29 is 9.59 Å². The summed E-state index contributed by atoms with van der Waals surface area (Å²) in [5.41, 5.74) is 0. The molecule has 0 spiro atoms. The number of amides is 1. The van der Waals surface area contributed by atoms with Gasteiger partial charge in [-0.1, -0.05) is 45.4 Å². The van der Waals surface area contributed by atoms with Gasteiger partial charge in [-0.15, -0.1) is 0 Å². The lowest BCUT2D eigenvalue weighted by Gasteiger charge is -2.25. The van der Waals surface area contributed by atoms with Crippen molar-refractivity contribution in [3.63, 3.8) is 0 Å². The quantitative estimate of drug-likeness (QED) is 0.611. The van der Waals surface area contributed by atoms with Gasteiger partial charge in [-0.2, -0.15) is 0 Å². The minimum Gasteiger partial charge on any atom is -0.335 e. The van der Waals surface area contributed by atoms with Gasteiger partial charge in [-0.05, 0) is 6.42 Å². The molecule has 0 aromatic rings. The van der Waals surface area contributed by atoms with E-state index >= 15 is 0 Å². The van der Waals surface area contributed by atoms with E-state index in [0.717, 1.165) is 13.0 Å². The highest BCUT2D eigenvalue weighted by Crippen LogP contribution is 2.11. The minimum atomic E-state index is 0.163. The lowest BCUT2D eigenvalue weighted by atomic mass is 10.1. The average Bonchev–Trinajstić information content (AvgIpc) is 2.32.